The van der Waals surface area contributed by atoms with Crippen LogP contribution in [0.3, 0.4) is 0 Å². The third-order valence-corrected chi connectivity index (χ3v) is 7.58. The van der Waals surface area contributed by atoms with Gasteiger partial charge in [-0.2, -0.15) is 0 Å². The number of amides is 3. The van der Waals surface area contributed by atoms with Crippen LogP contribution < -0.4 is 10.0 Å². The number of carbonyl (C=O) groups is 3. The molecule has 0 radical (unpaired) electrons. The van der Waals surface area contributed by atoms with Gasteiger partial charge in [-0.3, -0.25) is 29.4 Å². The smallest absolute Gasteiger partial charge is 0.288 e. The van der Waals surface area contributed by atoms with Crippen LogP contribution in [0.25, 0.3) is 0 Å². The van der Waals surface area contributed by atoms with Crippen LogP contribution in [-0.4, -0.2) is 86.3 Å². The Kier molecular flexibility index (Phi) is 8.08. The van der Waals surface area contributed by atoms with Crippen molar-refractivity contribution in [1.82, 2.24) is 9.80 Å². The highest BCUT2D eigenvalue weighted by Gasteiger charge is 2.44. The summed E-state index contributed by atoms with van der Waals surface area (Å²) in [6, 6.07) is 7.32. The lowest BCUT2D eigenvalue weighted by atomic mass is 10.1. The Hall–Kier alpha value is -3.43. The summed E-state index contributed by atoms with van der Waals surface area (Å²) in [7, 11) is -3.98. The number of anilines is 1. The highest BCUT2D eigenvalue weighted by Crippen LogP contribution is 2.30. The Morgan fingerprint density at radius 2 is 1.82 bits per heavy atom. The number of nitrogens with zero attached hydrogens (tertiary/aromatic N) is 4. The van der Waals surface area contributed by atoms with Crippen LogP contribution >= 0.6 is 11.6 Å². The molecule has 0 aliphatic carbocycles. The van der Waals surface area contributed by atoms with Gasteiger partial charge in [0.15, 0.2) is 0 Å². The van der Waals surface area contributed by atoms with Crippen molar-refractivity contribution in [2.45, 2.75) is 17.4 Å². The molecule has 13 nitrogen and oxygen atoms in total. The number of nitro benzene ring substituents is 1. The van der Waals surface area contributed by atoms with Crippen LogP contribution in [0.2, 0.25) is 5.02 Å². The molecule has 38 heavy (non-hydrogen) atoms. The summed E-state index contributed by atoms with van der Waals surface area (Å²) < 4.78 is 28.5. The number of benzene rings is 2. The first-order valence-corrected chi connectivity index (χ1v) is 13.4. The molecule has 0 saturated carbocycles. The quantitative estimate of drug-likeness (QED) is 0.278. The molecule has 202 valence electrons. The van der Waals surface area contributed by atoms with E-state index in [1.807, 2.05) is 4.90 Å². The van der Waals surface area contributed by atoms with Gasteiger partial charge in [-0.05, 0) is 36.4 Å². The van der Waals surface area contributed by atoms with Crippen LogP contribution in [0.4, 0.5) is 11.4 Å². The number of hydrogen-bond donors (Lipinski definition) is 1. The molecule has 0 aromatic heterocycles. The fourth-order valence-corrected chi connectivity index (χ4v) is 5.04. The second kappa shape index (κ2) is 11.1. The summed E-state index contributed by atoms with van der Waals surface area (Å²) in [4.78, 5) is 54.6. The van der Waals surface area contributed by atoms with Crippen molar-refractivity contribution < 1.29 is 32.5 Å². The highest BCUT2D eigenvalue weighted by atomic mass is 35.5. The molecule has 2 fully saturated rings. The molecule has 2 saturated heterocycles. The van der Waals surface area contributed by atoms with Crippen LogP contribution in [0.15, 0.2) is 47.4 Å². The zero-order chi connectivity index (χ0) is 27.6. The van der Waals surface area contributed by atoms with Crippen LogP contribution in [0.1, 0.15) is 16.8 Å². The summed E-state index contributed by atoms with van der Waals surface area (Å²) in [5.74, 6) is -1.94. The van der Waals surface area contributed by atoms with E-state index in [-0.39, 0.29) is 34.1 Å². The molecule has 2 aromatic rings. The van der Waals surface area contributed by atoms with Crippen molar-refractivity contribution in [3.8, 4) is 0 Å². The number of rotatable bonds is 8. The molecule has 2 heterocycles. The maximum Gasteiger partial charge on any atom is 0.288 e. The van der Waals surface area contributed by atoms with E-state index < -0.39 is 44.4 Å². The van der Waals surface area contributed by atoms with Crippen LogP contribution in [0.5, 0.6) is 0 Å². The zero-order valence-corrected chi connectivity index (χ0v) is 21.6. The predicted octanol–water partition coefficient (Wildman–Crippen LogP) is 1.00. The maximum atomic E-state index is 13.6. The van der Waals surface area contributed by atoms with Crippen LogP contribution in [-0.2, 0) is 24.3 Å². The summed E-state index contributed by atoms with van der Waals surface area (Å²) >= 11 is 5.90. The summed E-state index contributed by atoms with van der Waals surface area (Å²) in [5.41, 5.74) is -0.395. The van der Waals surface area contributed by atoms with E-state index in [4.69, 9.17) is 21.5 Å². The van der Waals surface area contributed by atoms with Gasteiger partial charge in [-0.1, -0.05) is 11.6 Å². The molecule has 2 aliphatic heterocycles. The first kappa shape index (κ1) is 27.6. The van der Waals surface area contributed by atoms with Gasteiger partial charge in [0, 0.05) is 37.8 Å². The normalized spacial score (nSPS) is 18.6. The number of hydrogen-bond acceptors (Lipinski definition) is 9. The van der Waals surface area contributed by atoms with E-state index in [0.29, 0.717) is 32.8 Å². The molecule has 3 amide bonds. The summed E-state index contributed by atoms with van der Waals surface area (Å²) in [6.45, 7) is 2.72. The minimum Gasteiger partial charge on any atom is -0.379 e. The SMILES string of the molecule is NS(=O)(=O)c1ccc(N2C(=O)CC(N(CCN3CCOCC3)C(=O)c3ccc(Cl)c([N+](=O)[O-])c3)C2=O)cc1. The molecule has 0 bridgehead atoms. The number of sulfonamides is 1. The Bertz CT molecular complexity index is 1380. The third-order valence-electron chi connectivity index (χ3n) is 6.33. The first-order valence-electron chi connectivity index (χ1n) is 11.5. The van der Waals surface area contributed by atoms with E-state index in [1.54, 1.807) is 0 Å². The van der Waals surface area contributed by atoms with E-state index in [2.05, 4.69) is 0 Å². The van der Waals surface area contributed by atoms with Gasteiger partial charge in [0.1, 0.15) is 11.1 Å². The predicted molar refractivity (Wildman–Crippen MR) is 135 cm³/mol. The van der Waals surface area contributed by atoms with Crippen molar-refractivity contribution in [2.24, 2.45) is 5.14 Å². The van der Waals surface area contributed by atoms with Gasteiger partial charge >= 0.3 is 0 Å². The van der Waals surface area contributed by atoms with E-state index in [9.17, 15) is 32.9 Å². The number of nitro groups is 1. The van der Waals surface area contributed by atoms with Gasteiger partial charge in [0.2, 0.25) is 15.9 Å². The minimum atomic E-state index is -3.98. The van der Waals surface area contributed by atoms with Gasteiger partial charge in [0.25, 0.3) is 17.5 Å². The second-order valence-corrected chi connectivity index (χ2v) is 10.7. The third kappa shape index (κ3) is 5.84. The van der Waals surface area contributed by atoms with E-state index >= 15 is 0 Å². The number of carbonyl (C=O) groups excluding carboxylic acids is 3. The molecule has 15 heteroatoms. The van der Waals surface area contributed by atoms with Crippen molar-refractivity contribution in [1.29, 1.82) is 0 Å². The van der Waals surface area contributed by atoms with E-state index in [0.717, 1.165) is 11.0 Å². The summed E-state index contributed by atoms with van der Waals surface area (Å²) in [6.07, 6.45) is -0.319. The Labute approximate surface area is 222 Å². The zero-order valence-electron chi connectivity index (χ0n) is 20.0. The van der Waals surface area contributed by atoms with Gasteiger partial charge in [0.05, 0.1) is 35.1 Å². The lowest BCUT2D eigenvalue weighted by molar-refractivity contribution is -0.384. The largest absolute Gasteiger partial charge is 0.379 e. The second-order valence-electron chi connectivity index (χ2n) is 8.70. The number of ether oxygens (including phenoxy) is 1. The lowest BCUT2D eigenvalue weighted by Crippen LogP contribution is -2.49. The van der Waals surface area contributed by atoms with Crippen LogP contribution in [0, 0.1) is 10.1 Å². The molecule has 1 unspecified atom stereocenters. The molecule has 2 aliphatic rings. The monoisotopic (exact) mass is 565 g/mol. The molecule has 0 spiro atoms. The number of imide groups is 1. The van der Waals surface area contributed by atoms with Gasteiger partial charge in [-0.25, -0.2) is 18.5 Å². The highest BCUT2D eigenvalue weighted by molar-refractivity contribution is 7.89. The maximum absolute atomic E-state index is 13.6. The average molecular weight is 566 g/mol. The topological polar surface area (TPSA) is 173 Å². The van der Waals surface area contributed by atoms with Gasteiger partial charge in [-0.15, -0.1) is 0 Å². The van der Waals surface area contributed by atoms with Gasteiger partial charge < -0.3 is 9.64 Å². The molecule has 2 aromatic carbocycles. The molecule has 1 atom stereocenters. The average Bonchev–Trinajstić information content (AvgIpc) is 3.17. The Morgan fingerprint density at radius 3 is 2.42 bits per heavy atom. The van der Waals surface area contributed by atoms with Crippen molar-refractivity contribution in [3.63, 3.8) is 0 Å². The standard InChI is InChI=1S/C23H24ClN5O8S/c24-18-6-1-15(13-19(18)29(33)34)22(31)27(8-7-26-9-11-37-12-10-26)20-14-21(30)28(23(20)32)16-2-4-17(5-3-16)38(25,35)36/h1-6,13,20H,7-12,14H2,(H2,25,35,36). The molecular formula is C23H24ClN5O8S. The van der Waals surface area contributed by atoms with Crippen molar-refractivity contribution >= 4 is 50.7 Å². The minimum absolute atomic E-state index is 0.0562. The lowest BCUT2D eigenvalue weighted by Gasteiger charge is -2.32. The number of halogens is 1. The first-order chi connectivity index (χ1) is 18.0. The Morgan fingerprint density at radius 1 is 1.16 bits per heavy atom. The van der Waals surface area contributed by atoms with E-state index in [1.165, 1.54) is 41.3 Å². The molecule has 4 rings (SSSR count). The van der Waals surface area contributed by atoms with Crippen molar-refractivity contribution in [2.75, 3.05) is 44.3 Å². The summed E-state index contributed by atoms with van der Waals surface area (Å²) in [5, 5.41) is 16.3. The Balaban J connectivity index is 1.64. The molecular weight excluding hydrogens is 542 g/mol. The van der Waals surface area contributed by atoms with Crippen molar-refractivity contribution in [3.05, 3.63) is 63.2 Å². The molecule has 2 N–H and O–H groups in total. The number of primary sulfonamides is 1. The number of nitrogens with two attached hydrogens (primary N) is 1. The number of morpholine rings is 1. The fourth-order valence-electron chi connectivity index (χ4n) is 4.34. The fraction of sp³-hybridized carbons (Fsp3) is 0.348.